The minimum Gasteiger partial charge on any atom is -0.344 e. The van der Waals surface area contributed by atoms with Crippen molar-refractivity contribution in [1.82, 2.24) is 19.8 Å². The van der Waals surface area contributed by atoms with Gasteiger partial charge >= 0.3 is 0 Å². The van der Waals surface area contributed by atoms with Crippen molar-refractivity contribution in [3.05, 3.63) is 47.4 Å². The van der Waals surface area contributed by atoms with E-state index in [1.165, 1.54) is 5.39 Å². The molecule has 0 fully saturated rings. The Bertz CT molecular complexity index is 834. The summed E-state index contributed by atoms with van der Waals surface area (Å²) in [5.41, 5.74) is 3.75. The van der Waals surface area contributed by atoms with Crippen LogP contribution in [0.1, 0.15) is 23.5 Å². The fourth-order valence-electron chi connectivity index (χ4n) is 2.75. The molecule has 0 saturated carbocycles. The summed E-state index contributed by atoms with van der Waals surface area (Å²) in [6.45, 7) is 4.97. The molecule has 6 nitrogen and oxygen atoms in total. The summed E-state index contributed by atoms with van der Waals surface area (Å²) >= 11 is 0. The Hall–Kier alpha value is -2.63. The van der Waals surface area contributed by atoms with Crippen molar-refractivity contribution >= 4 is 16.8 Å². The number of aryl methyl sites for hydroxylation is 3. The molecule has 120 valence electrons. The van der Waals surface area contributed by atoms with Crippen LogP contribution >= 0.6 is 0 Å². The van der Waals surface area contributed by atoms with Gasteiger partial charge in [-0.05, 0) is 31.4 Å². The van der Waals surface area contributed by atoms with Crippen LogP contribution in [-0.2, 0) is 17.9 Å². The number of benzene rings is 1. The molecule has 0 radical (unpaired) electrons. The zero-order valence-electron chi connectivity index (χ0n) is 13.6. The van der Waals surface area contributed by atoms with E-state index in [9.17, 15) is 4.79 Å². The van der Waals surface area contributed by atoms with Gasteiger partial charge in [0, 0.05) is 31.2 Å². The lowest BCUT2D eigenvalue weighted by Crippen LogP contribution is -2.27. The lowest BCUT2D eigenvalue weighted by Gasteiger charge is -2.16. The van der Waals surface area contributed by atoms with E-state index >= 15 is 0 Å². The number of amides is 1. The van der Waals surface area contributed by atoms with E-state index in [4.69, 9.17) is 0 Å². The van der Waals surface area contributed by atoms with Crippen LogP contribution < -0.4 is 0 Å². The molecule has 0 spiro atoms. The molecule has 6 heteroatoms. The van der Waals surface area contributed by atoms with Gasteiger partial charge in [-0.15, -0.1) is 0 Å². The highest BCUT2D eigenvalue weighted by atomic mass is 16.6. The average molecular weight is 312 g/mol. The first-order valence-electron chi connectivity index (χ1n) is 7.63. The molecule has 0 aliphatic carbocycles. The topological polar surface area (TPSA) is 64.2 Å². The lowest BCUT2D eigenvalue weighted by atomic mass is 10.2. The third kappa shape index (κ3) is 3.11. The molecule has 3 aromatic rings. The molecule has 0 bridgehead atoms. The Labute approximate surface area is 134 Å². The van der Waals surface area contributed by atoms with Gasteiger partial charge in [0.1, 0.15) is 11.4 Å². The number of carbonyl (C=O) groups excluding carboxylic acids is 1. The highest BCUT2D eigenvalue weighted by Crippen LogP contribution is 2.19. The lowest BCUT2D eigenvalue weighted by molar-refractivity contribution is -0.130. The fraction of sp³-hybridized carbons (Fsp3) is 0.353. The number of aromatic nitrogens is 3. The van der Waals surface area contributed by atoms with Gasteiger partial charge < -0.3 is 9.47 Å². The van der Waals surface area contributed by atoms with Gasteiger partial charge in [0.25, 0.3) is 0 Å². The van der Waals surface area contributed by atoms with Crippen molar-refractivity contribution in [2.75, 3.05) is 7.05 Å². The predicted octanol–water partition coefficient (Wildman–Crippen LogP) is 2.69. The maximum Gasteiger partial charge on any atom is 0.224 e. The zero-order valence-corrected chi connectivity index (χ0v) is 13.6. The first-order chi connectivity index (χ1) is 11.1. The van der Waals surface area contributed by atoms with Crippen LogP contribution in [0.3, 0.4) is 0 Å². The van der Waals surface area contributed by atoms with E-state index in [0.717, 1.165) is 16.9 Å². The third-order valence-corrected chi connectivity index (χ3v) is 4.13. The molecule has 0 aliphatic rings. The third-order valence-electron chi connectivity index (χ3n) is 4.13. The SMILES string of the molecule is Cc1nonc1CN(C)C(=O)CCn1c(C)cc2ccccc21. The maximum atomic E-state index is 12.4. The number of rotatable bonds is 5. The normalized spacial score (nSPS) is 11.1. The van der Waals surface area contributed by atoms with E-state index in [2.05, 4.69) is 44.6 Å². The molecule has 1 amide bonds. The van der Waals surface area contributed by atoms with Gasteiger partial charge in [-0.25, -0.2) is 4.63 Å². The summed E-state index contributed by atoms with van der Waals surface area (Å²) < 4.78 is 6.85. The maximum absolute atomic E-state index is 12.4. The second-order valence-electron chi connectivity index (χ2n) is 5.79. The molecule has 0 unspecified atom stereocenters. The molecule has 3 rings (SSSR count). The van der Waals surface area contributed by atoms with Gasteiger partial charge in [-0.3, -0.25) is 4.79 Å². The quantitative estimate of drug-likeness (QED) is 0.726. The summed E-state index contributed by atoms with van der Waals surface area (Å²) in [4.78, 5) is 14.0. The van der Waals surface area contributed by atoms with E-state index < -0.39 is 0 Å². The van der Waals surface area contributed by atoms with Crippen LogP contribution in [0.4, 0.5) is 0 Å². The minimum atomic E-state index is 0.0737. The number of carbonyl (C=O) groups is 1. The second-order valence-corrected chi connectivity index (χ2v) is 5.79. The van der Waals surface area contributed by atoms with Crippen molar-refractivity contribution < 1.29 is 9.42 Å². The molecule has 0 atom stereocenters. The molecule has 0 saturated heterocycles. The zero-order chi connectivity index (χ0) is 16.4. The molecule has 1 aromatic carbocycles. The molecular formula is C17H20N4O2. The second kappa shape index (κ2) is 6.24. The minimum absolute atomic E-state index is 0.0737. The Morgan fingerprint density at radius 3 is 2.78 bits per heavy atom. The van der Waals surface area contributed by atoms with Gasteiger partial charge in [-0.1, -0.05) is 28.5 Å². The predicted molar refractivity (Wildman–Crippen MR) is 86.8 cm³/mol. The van der Waals surface area contributed by atoms with Crippen LogP contribution in [0, 0.1) is 13.8 Å². The Balaban J connectivity index is 1.66. The summed E-state index contributed by atoms with van der Waals surface area (Å²) in [6, 6.07) is 10.4. The smallest absolute Gasteiger partial charge is 0.224 e. The molecule has 23 heavy (non-hydrogen) atoms. The van der Waals surface area contributed by atoms with Crippen molar-refractivity contribution in [1.29, 1.82) is 0 Å². The van der Waals surface area contributed by atoms with Crippen molar-refractivity contribution in [2.24, 2.45) is 0 Å². The largest absolute Gasteiger partial charge is 0.344 e. The molecule has 2 heterocycles. The van der Waals surface area contributed by atoms with Crippen LogP contribution in [0.15, 0.2) is 35.0 Å². The number of nitrogens with zero attached hydrogens (tertiary/aromatic N) is 4. The molecule has 0 aliphatic heterocycles. The van der Waals surface area contributed by atoms with Gasteiger partial charge in [0.05, 0.1) is 6.54 Å². The van der Waals surface area contributed by atoms with E-state index in [-0.39, 0.29) is 5.91 Å². The summed E-state index contributed by atoms with van der Waals surface area (Å²) in [5, 5.41) is 8.76. The van der Waals surface area contributed by atoms with Gasteiger partial charge in [0.15, 0.2) is 0 Å². The van der Waals surface area contributed by atoms with Crippen molar-refractivity contribution in [3.8, 4) is 0 Å². The Morgan fingerprint density at radius 1 is 1.26 bits per heavy atom. The summed E-state index contributed by atoms with van der Waals surface area (Å²) in [5.74, 6) is 0.0737. The van der Waals surface area contributed by atoms with E-state index in [0.29, 0.717) is 25.2 Å². The van der Waals surface area contributed by atoms with Crippen LogP contribution in [0.5, 0.6) is 0 Å². The highest BCUT2D eigenvalue weighted by Gasteiger charge is 2.14. The number of hydrogen-bond acceptors (Lipinski definition) is 4. The first-order valence-corrected chi connectivity index (χ1v) is 7.63. The van der Waals surface area contributed by atoms with Gasteiger partial charge in [-0.2, -0.15) is 0 Å². The molecular weight excluding hydrogens is 292 g/mol. The Kier molecular flexibility index (Phi) is 4.14. The molecule has 2 aromatic heterocycles. The fourth-order valence-corrected chi connectivity index (χ4v) is 2.75. The van der Waals surface area contributed by atoms with Crippen LogP contribution in [-0.4, -0.2) is 32.7 Å². The monoisotopic (exact) mass is 312 g/mol. The highest BCUT2D eigenvalue weighted by molar-refractivity contribution is 5.81. The van der Waals surface area contributed by atoms with Gasteiger partial charge in [0.2, 0.25) is 5.91 Å². The summed E-state index contributed by atoms with van der Waals surface area (Å²) in [7, 11) is 1.77. The number of para-hydroxylation sites is 1. The first kappa shape index (κ1) is 15.3. The standard InChI is InChI=1S/C17H20N4O2/c1-12-10-14-6-4-5-7-16(14)21(12)9-8-17(22)20(3)11-15-13(2)18-23-19-15/h4-7,10H,8-9,11H2,1-3H3. The van der Waals surface area contributed by atoms with E-state index in [1.807, 2.05) is 19.1 Å². The Morgan fingerprint density at radius 2 is 2.04 bits per heavy atom. The van der Waals surface area contributed by atoms with Crippen LogP contribution in [0.2, 0.25) is 0 Å². The average Bonchev–Trinajstić information content (AvgIpc) is 3.07. The summed E-state index contributed by atoms with van der Waals surface area (Å²) in [6.07, 6.45) is 0.445. The van der Waals surface area contributed by atoms with Crippen LogP contribution in [0.25, 0.3) is 10.9 Å². The van der Waals surface area contributed by atoms with E-state index in [1.54, 1.807) is 11.9 Å². The number of fused-ring (bicyclic) bond motifs is 1. The van der Waals surface area contributed by atoms with Crippen molar-refractivity contribution in [3.63, 3.8) is 0 Å². The number of hydrogen-bond donors (Lipinski definition) is 0. The van der Waals surface area contributed by atoms with Crippen molar-refractivity contribution in [2.45, 2.75) is 33.4 Å². The molecule has 0 N–H and O–H groups in total.